The van der Waals surface area contributed by atoms with Gasteiger partial charge in [-0.25, -0.2) is 0 Å². The van der Waals surface area contributed by atoms with E-state index in [9.17, 15) is 14.4 Å². The highest BCUT2D eigenvalue weighted by Crippen LogP contribution is 2.39. The van der Waals surface area contributed by atoms with Crippen molar-refractivity contribution in [3.8, 4) is 0 Å². The molecule has 2 aromatic rings. The van der Waals surface area contributed by atoms with Gasteiger partial charge in [0.25, 0.3) is 5.91 Å². The summed E-state index contributed by atoms with van der Waals surface area (Å²) in [6.07, 6.45) is 4.75. The number of likely N-dealkylation sites (tertiary alicyclic amines) is 1. The number of nitrogens with zero attached hydrogens (tertiary/aromatic N) is 3. The zero-order chi connectivity index (χ0) is 25.1. The number of ether oxygens (including phenoxy) is 1. The number of amides is 3. The molecule has 2 fully saturated rings. The largest absolute Gasteiger partial charge is 0.353 e. The number of aromatic nitrogens is 1. The van der Waals surface area contributed by atoms with Crippen LogP contribution in [-0.4, -0.2) is 64.0 Å². The zero-order valence-corrected chi connectivity index (χ0v) is 20.7. The molecule has 4 rings (SSSR count). The fraction of sp³-hybridized carbons (Fsp3) is 0.481. The zero-order valence-electron chi connectivity index (χ0n) is 20.7. The van der Waals surface area contributed by atoms with Crippen LogP contribution in [-0.2, 0) is 20.9 Å². The van der Waals surface area contributed by atoms with Crippen LogP contribution in [0.3, 0.4) is 0 Å². The molecule has 186 valence electrons. The van der Waals surface area contributed by atoms with Gasteiger partial charge in [-0.1, -0.05) is 39.0 Å². The molecule has 2 aliphatic heterocycles. The molecular weight excluding hydrogens is 444 g/mol. The first-order valence-corrected chi connectivity index (χ1v) is 12.2. The molecule has 0 bridgehead atoms. The molecule has 1 aromatic heterocycles. The van der Waals surface area contributed by atoms with Crippen LogP contribution in [0, 0.1) is 5.41 Å². The van der Waals surface area contributed by atoms with E-state index in [2.05, 4.69) is 10.3 Å². The molecular formula is C27H34N4O4. The van der Waals surface area contributed by atoms with Gasteiger partial charge in [-0.2, -0.15) is 0 Å². The van der Waals surface area contributed by atoms with E-state index in [4.69, 9.17) is 4.74 Å². The van der Waals surface area contributed by atoms with Crippen molar-refractivity contribution in [2.45, 2.75) is 58.3 Å². The van der Waals surface area contributed by atoms with Crippen molar-refractivity contribution in [1.82, 2.24) is 20.1 Å². The molecule has 1 aromatic carbocycles. The summed E-state index contributed by atoms with van der Waals surface area (Å²) in [6, 6.07) is 11.9. The maximum absolute atomic E-state index is 13.7. The molecule has 0 radical (unpaired) electrons. The van der Waals surface area contributed by atoms with E-state index in [-0.39, 0.29) is 29.7 Å². The summed E-state index contributed by atoms with van der Waals surface area (Å²) in [5.41, 5.74) is 0.428. The van der Waals surface area contributed by atoms with Crippen molar-refractivity contribution >= 4 is 17.7 Å². The highest BCUT2D eigenvalue weighted by Gasteiger charge is 2.54. The molecule has 3 amide bonds. The molecule has 2 aliphatic rings. The van der Waals surface area contributed by atoms with E-state index in [1.165, 1.54) is 0 Å². The number of rotatable bonds is 5. The third kappa shape index (κ3) is 5.70. The lowest BCUT2D eigenvalue weighted by atomic mass is 9.90. The minimum Gasteiger partial charge on any atom is -0.353 e. The number of carbonyl (C=O) groups is 3. The molecule has 0 unspecified atom stereocenters. The number of nitrogens with one attached hydrogen (secondary N) is 1. The topological polar surface area (TPSA) is 91.8 Å². The third-order valence-electron chi connectivity index (χ3n) is 6.60. The first-order valence-electron chi connectivity index (χ1n) is 12.2. The summed E-state index contributed by atoms with van der Waals surface area (Å²) in [7, 11) is 0. The van der Waals surface area contributed by atoms with E-state index in [0.29, 0.717) is 44.5 Å². The highest BCUT2D eigenvalue weighted by atomic mass is 16.5. The lowest BCUT2D eigenvalue weighted by molar-refractivity contribution is -0.145. The minimum absolute atomic E-state index is 0.0939. The molecule has 3 heterocycles. The van der Waals surface area contributed by atoms with Crippen molar-refractivity contribution in [1.29, 1.82) is 0 Å². The Morgan fingerprint density at radius 2 is 1.71 bits per heavy atom. The summed E-state index contributed by atoms with van der Waals surface area (Å²) in [6.45, 7) is 7.57. The Balaban J connectivity index is 1.52. The molecule has 1 N–H and O–H groups in total. The Labute approximate surface area is 206 Å². The van der Waals surface area contributed by atoms with Crippen LogP contribution < -0.4 is 5.32 Å². The Bertz CT molecular complexity index is 1040. The molecule has 8 nitrogen and oxygen atoms in total. The van der Waals surface area contributed by atoms with E-state index < -0.39 is 11.8 Å². The van der Waals surface area contributed by atoms with Crippen LogP contribution >= 0.6 is 0 Å². The number of hydrogen-bond acceptors (Lipinski definition) is 5. The molecule has 0 saturated carbocycles. The number of benzene rings is 1. The monoisotopic (exact) mass is 478 g/mol. The van der Waals surface area contributed by atoms with Crippen LogP contribution in [0.2, 0.25) is 0 Å². The average molecular weight is 479 g/mol. The first-order chi connectivity index (χ1) is 16.7. The van der Waals surface area contributed by atoms with Crippen LogP contribution in [0.25, 0.3) is 0 Å². The number of carbonyl (C=O) groups excluding carboxylic acids is 3. The fourth-order valence-electron chi connectivity index (χ4n) is 4.77. The van der Waals surface area contributed by atoms with Crippen LogP contribution in [0.15, 0.2) is 54.9 Å². The second kappa shape index (κ2) is 10.2. The summed E-state index contributed by atoms with van der Waals surface area (Å²) in [4.78, 5) is 47.2. The summed E-state index contributed by atoms with van der Waals surface area (Å²) in [5.74, 6) is -0.381. The Morgan fingerprint density at radius 1 is 1.06 bits per heavy atom. The first kappa shape index (κ1) is 24.9. The van der Waals surface area contributed by atoms with E-state index in [1.807, 2.05) is 56.0 Å². The van der Waals surface area contributed by atoms with Crippen molar-refractivity contribution in [2.24, 2.45) is 5.41 Å². The Kier molecular flexibility index (Phi) is 7.21. The van der Waals surface area contributed by atoms with Crippen LogP contribution in [0.5, 0.6) is 0 Å². The smallest absolute Gasteiger partial charge is 0.256 e. The molecule has 2 saturated heterocycles. The van der Waals surface area contributed by atoms with Crippen molar-refractivity contribution < 1.29 is 19.1 Å². The summed E-state index contributed by atoms with van der Waals surface area (Å²) < 4.78 is 6.25. The predicted molar refractivity (Wildman–Crippen MR) is 131 cm³/mol. The SMILES string of the molecule is CC(C)(C)CC(=O)N1CCC2(CC1)OC[C@@H](C(=O)NCc1ccncc1)N2C(=O)c1ccccc1. The maximum atomic E-state index is 13.7. The highest BCUT2D eigenvalue weighted by molar-refractivity contribution is 5.98. The fourth-order valence-corrected chi connectivity index (χ4v) is 4.77. The minimum atomic E-state index is -0.913. The molecule has 1 spiro atoms. The van der Waals surface area contributed by atoms with Crippen molar-refractivity contribution in [3.05, 3.63) is 66.0 Å². The van der Waals surface area contributed by atoms with Gasteiger partial charge >= 0.3 is 0 Å². The maximum Gasteiger partial charge on any atom is 0.256 e. The van der Waals surface area contributed by atoms with Gasteiger partial charge in [0.2, 0.25) is 11.8 Å². The lowest BCUT2D eigenvalue weighted by Crippen LogP contribution is -2.59. The third-order valence-corrected chi connectivity index (χ3v) is 6.60. The van der Waals surface area contributed by atoms with Crippen LogP contribution in [0.4, 0.5) is 0 Å². The van der Waals surface area contributed by atoms with Gasteiger partial charge in [-0.05, 0) is 35.2 Å². The van der Waals surface area contributed by atoms with Crippen LogP contribution in [0.1, 0.15) is 56.0 Å². The molecule has 1 atom stereocenters. The second-order valence-electron chi connectivity index (χ2n) is 10.5. The standard InChI is InChI=1S/C27H34N4O4/c1-26(2,3)17-23(32)30-15-11-27(12-16-30)31(25(34)21-7-5-4-6-8-21)22(19-35-27)24(33)29-18-20-9-13-28-14-10-20/h4-10,13-14,22H,11-12,15-19H2,1-3H3,(H,29,33)/t22-/m0/s1. The molecule has 35 heavy (non-hydrogen) atoms. The van der Waals surface area contributed by atoms with Gasteiger partial charge in [0.15, 0.2) is 0 Å². The predicted octanol–water partition coefficient (Wildman–Crippen LogP) is 2.99. The summed E-state index contributed by atoms with van der Waals surface area (Å²) >= 11 is 0. The van der Waals surface area contributed by atoms with Gasteiger partial charge in [0, 0.05) is 56.9 Å². The van der Waals surface area contributed by atoms with Gasteiger partial charge in [0.1, 0.15) is 11.8 Å². The van der Waals surface area contributed by atoms with Gasteiger partial charge < -0.3 is 15.0 Å². The van der Waals surface area contributed by atoms with Gasteiger partial charge in [-0.15, -0.1) is 0 Å². The normalized spacial score (nSPS) is 19.6. The van der Waals surface area contributed by atoms with Crippen molar-refractivity contribution in [3.63, 3.8) is 0 Å². The van der Waals surface area contributed by atoms with Gasteiger partial charge in [-0.3, -0.25) is 24.3 Å². The lowest BCUT2D eigenvalue weighted by Gasteiger charge is -2.44. The quantitative estimate of drug-likeness (QED) is 0.713. The van der Waals surface area contributed by atoms with E-state index in [0.717, 1.165) is 5.56 Å². The summed E-state index contributed by atoms with van der Waals surface area (Å²) in [5, 5.41) is 2.95. The number of hydrogen-bond donors (Lipinski definition) is 1. The number of pyridine rings is 1. The van der Waals surface area contributed by atoms with E-state index >= 15 is 0 Å². The second-order valence-corrected chi connectivity index (χ2v) is 10.5. The molecule has 8 heteroatoms. The van der Waals surface area contributed by atoms with Crippen molar-refractivity contribution in [2.75, 3.05) is 19.7 Å². The van der Waals surface area contributed by atoms with E-state index in [1.54, 1.807) is 29.4 Å². The Morgan fingerprint density at radius 3 is 2.34 bits per heavy atom. The average Bonchev–Trinajstić information content (AvgIpc) is 3.21. The number of piperidine rings is 1. The van der Waals surface area contributed by atoms with Gasteiger partial charge in [0.05, 0.1) is 6.61 Å². The molecule has 0 aliphatic carbocycles. The Hall–Kier alpha value is -3.26.